The molecule has 0 amide bonds. The topological polar surface area (TPSA) is 15.7 Å². The van der Waals surface area contributed by atoms with Gasteiger partial charge < -0.3 is 9.64 Å². The van der Waals surface area contributed by atoms with Gasteiger partial charge in [-0.05, 0) is 58.9 Å². The van der Waals surface area contributed by atoms with Crippen molar-refractivity contribution in [3.63, 3.8) is 0 Å². The van der Waals surface area contributed by atoms with E-state index in [1.165, 1.54) is 13.2 Å². The molecule has 1 aromatic carbocycles. The predicted molar refractivity (Wildman–Crippen MR) is 84.1 cm³/mol. The summed E-state index contributed by atoms with van der Waals surface area (Å²) in [4.78, 5) is 4.45. The summed E-state index contributed by atoms with van der Waals surface area (Å²) in [5, 5.41) is 0. The summed E-state index contributed by atoms with van der Waals surface area (Å²) in [5.74, 6) is -1.05. The Kier molecular flexibility index (Phi) is 5.75. The van der Waals surface area contributed by atoms with Crippen LogP contribution in [0.3, 0.4) is 0 Å². The molecule has 1 aromatic rings. The van der Waals surface area contributed by atoms with E-state index >= 15 is 0 Å². The van der Waals surface area contributed by atoms with Gasteiger partial charge in [-0.3, -0.25) is 4.90 Å². The molecule has 3 nitrogen and oxygen atoms in total. The second kappa shape index (κ2) is 7.38. The number of hydrogen-bond donors (Lipinski definition) is 0. The van der Waals surface area contributed by atoms with Crippen LogP contribution in [0.4, 0.5) is 8.78 Å². The highest BCUT2D eigenvalue weighted by Crippen LogP contribution is 2.26. The van der Waals surface area contributed by atoms with Crippen molar-refractivity contribution in [2.45, 2.75) is 32.4 Å². The lowest BCUT2D eigenvalue weighted by Crippen LogP contribution is -2.41. The van der Waals surface area contributed by atoms with Gasteiger partial charge >= 0.3 is 0 Å². The van der Waals surface area contributed by atoms with Gasteiger partial charge in [-0.2, -0.15) is 4.39 Å². The maximum atomic E-state index is 14.0. The average Bonchev–Trinajstić information content (AvgIpc) is 2.52. The number of ether oxygens (including phenoxy) is 1. The minimum Gasteiger partial charge on any atom is -0.494 e. The molecule has 0 aliphatic carbocycles. The minimum atomic E-state index is -0.892. The van der Waals surface area contributed by atoms with Crippen LogP contribution in [0.25, 0.3) is 0 Å². The van der Waals surface area contributed by atoms with E-state index in [0.29, 0.717) is 24.1 Å². The number of likely N-dealkylation sites (tertiary alicyclic amines) is 1. The standard InChI is InChI=1S/C17H26F2N2O/c1-12(20(2)3)13-7-9-21(10-8-13)11-14-5-6-15(22-4)17(19)16(14)18/h5-6,12-13H,7-11H2,1-4H3/t12-/m0/s1. The lowest BCUT2D eigenvalue weighted by molar-refractivity contribution is 0.120. The van der Waals surface area contributed by atoms with Gasteiger partial charge in [-0.15, -0.1) is 0 Å². The maximum absolute atomic E-state index is 14.0. The third-order valence-corrected chi connectivity index (χ3v) is 4.87. The highest BCUT2D eigenvalue weighted by molar-refractivity contribution is 5.31. The molecule has 2 rings (SSSR count). The van der Waals surface area contributed by atoms with Crippen LogP contribution in [-0.2, 0) is 6.54 Å². The minimum absolute atomic E-state index is 0.0419. The quantitative estimate of drug-likeness (QED) is 0.831. The van der Waals surface area contributed by atoms with Gasteiger partial charge in [0.15, 0.2) is 11.6 Å². The van der Waals surface area contributed by atoms with E-state index in [1.54, 1.807) is 6.07 Å². The van der Waals surface area contributed by atoms with E-state index in [2.05, 4.69) is 30.8 Å². The van der Waals surface area contributed by atoms with Gasteiger partial charge in [-0.25, -0.2) is 4.39 Å². The van der Waals surface area contributed by atoms with Crippen molar-refractivity contribution >= 4 is 0 Å². The Labute approximate surface area is 131 Å². The molecule has 5 heteroatoms. The van der Waals surface area contributed by atoms with E-state index in [1.807, 2.05) is 0 Å². The van der Waals surface area contributed by atoms with Gasteiger partial charge in [0.1, 0.15) is 0 Å². The molecule has 1 aliphatic heterocycles. The number of nitrogens with zero attached hydrogens (tertiary/aromatic N) is 2. The van der Waals surface area contributed by atoms with Crippen molar-refractivity contribution in [1.82, 2.24) is 9.80 Å². The van der Waals surface area contributed by atoms with Crippen molar-refractivity contribution in [2.24, 2.45) is 5.92 Å². The van der Waals surface area contributed by atoms with E-state index in [0.717, 1.165) is 25.9 Å². The fourth-order valence-electron chi connectivity index (χ4n) is 3.11. The number of methoxy groups -OCH3 is 1. The van der Waals surface area contributed by atoms with Crippen molar-refractivity contribution in [1.29, 1.82) is 0 Å². The maximum Gasteiger partial charge on any atom is 0.200 e. The predicted octanol–water partition coefficient (Wildman–Crippen LogP) is 3.14. The van der Waals surface area contributed by atoms with E-state index in [-0.39, 0.29) is 5.75 Å². The first-order valence-electron chi connectivity index (χ1n) is 7.83. The van der Waals surface area contributed by atoms with Crippen LogP contribution >= 0.6 is 0 Å². The lowest BCUT2D eigenvalue weighted by Gasteiger charge is -2.37. The third-order valence-electron chi connectivity index (χ3n) is 4.87. The third kappa shape index (κ3) is 3.76. The summed E-state index contributed by atoms with van der Waals surface area (Å²) in [6.07, 6.45) is 2.19. The van der Waals surface area contributed by atoms with Crippen LogP contribution in [0.1, 0.15) is 25.3 Å². The molecule has 0 N–H and O–H groups in total. The van der Waals surface area contributed by atoms with Crippen LogP contribution < -0.4 is 4.74 Å². The molecule has 0 bridgehead atoms. The van der Waals surface area contributed by atoms with Gasteiger partial charge in [-0.1, -0.05) is 6.07 Å². The van der Waals surface area contributed by atoms with Crippen molar-refractivity contribution in [3.8, 4) is 5.75 Å². The summed E-state index contributed by atoms with van der Waals surface area (Å²) in [7, 11) is 5.55. The Morgan fingerprint density at radius 3 is 2.41 bits per heavy atom. The van der Waals surface area contributed by atoms with Crippen molar-refractivity contribution in [3.05, 3.63) is 29.3 Å². The molecule has 0 radical (unpaired) electrons. The van der Waals surface area contributed by atoms with Crippen LogP contribution in [0, 0.1) is 17.6 Å². The fourth-order valence-corrected chi connectivity index (χ4v) is 3.11. The molecule has 1 aliphatic rings. The SMILES string of the molecule is COc1ccc(CN2CCC([C@H](C)N(C)C)CC2)c(F)c1F. The molecule has 0 saturated carbocycles. The number of piperidine rings is 1. The zero-order chi connectivity index (χ0) is 16.3. The lowest BCUT2D eigenvalue weighted by atomic mass is 9.89. The largest absolute Gasteiger partial charge is 0.494 e. The van der Waals surface area contributed by atoms with Crippen LogP contribution in [0.5, 0.6) is 5.75 Å². The van der Waals surface area contributed by atoms with Gasteiger partial charge in [0.25, 0.3) is 0 Å². The molecule has 1 atom stereocenters. The Morgan fingerprint density at radius 1 is 1.23 bits per heavy atom. The van der Waals surface area contributed by atoms with Gasteiger partial charge in [0.2, 0.25) is 5.82 Å². The van der Waals surface area contributed by atoms with E-state index < -0.39 is 11.6 Å². The first-order valence-corrected chi connectivity index (χ1v) is 7.83. The number of hydrogen-bond acceptors (Lipinski definition) is 3. The summed E-state index contributed by atoms with van der Waals surface area (Å²) >= 11 is 0. The number of benzene rings is 1. The number of halogens is 2. The molecule has 0 unspecified atom stereocenters. The molecule has 124 valence electrons. The Morgan fingerprint density at radius 2 is 1.86 bits per heavy atom. The van der Waals surface area contributed by atoms with Crippen LogP contribution in [0.15, 0.2) is 12.1 Å². The number of rotatable bonds is 5. The zero-order valence-electron chi connectivity index (χ0n) is 13.9. The monoisotopic (exact) mass is 312 g/mol. The summed E-state index contributed by atoms with van der Waals surface area (Å²) < 4.78 is 32.6. The first-order chi connectivity index (χ1) is 10.4. The Hall–Kier alpha value is -1.20. The summed E-state index contributed by atoms with van der Waals surface area (Å²) in [6.45, 7) is 4.56. The van der Waals surface area contributed by atoms with Gasteiger partial charge in [0, 0.05) is 18.2 Å². The summed E-state index contributed by atoms with van der Waals surface area (Å²) in [6, 6.07) is 3.66. The van der Waals surface area contributed by atoms with Crippen molar-refractivity contribution in [2.75, 3.05) is 34.3 Å². The van der Waals surface area contributed by atoms with Crippen molar-refractivity contribution < 1.29 is 13.5 Å². The average molecular weight is 312 g/mol. The molecular weight excluding hydrogens is 286 g/mol. The zero-order valence-corrected chi connectivity index (χ0v) is 13.9. The molecule has 22 heavy (non-hydrogen) atoms. The Bertz CT molecular complexity index is 500. The smallest absolute Gasteiger partial charge is 0.200 e. The molecular formula is C17H26F2N2O. The molecule has 0 spiro atoms. The molecule has 1 saturated heterocycles. The molecule has 0 aromatic heterocycles. The highest BCUT2D eigenvalue weighted by Gasteiger charge is 2.25. The highest BCUT2D eigenvalue weighted by atomic mass is 19.2. The second-order valence-corrected chi connectivity index (χ2v) is 6.37. The van der Waals surface area contributed by atoms with Crippen LogP contribution in [0.2, 0.25) is 0 Å². The van der Waals surface area contributed by atoms with E-state index in [4.69, 9.17) is 4.74 Å². The molecule has 1 fully saturated rings. The molecule has 1 heterocycles. The first kappa shape index (κ1) is 17.2. The second-order valence-electron chi connectivity index (χ2n) is 6.37. The van der Waals surface area contributed by atoms with Crippen LogP contribution in [-0.4, -0.2) is 50.1 Å². The van der Waals surface area contributed by atoms with E-state index in [9.17, 15) is 8.78 Å². The Balaban J connectivity index is 1.95. The summed E-state index contributed by atoms with van der Waals surface area (Å²) in [5.41, 5.74) is 0.400. The fraction of sp³-hybridized carbons (Fsp3) is 0.647. The normalized spacial score (nSPS) is 18.7. The van der Waals surface area contributed by atoms with Gasteiger partial charge in [0.05, 0.1) is 7.11 Å².